The van der Waals surface area contributed by atoms with Gasteiger partial charge in [0, 0.05) is 6.04 Å². The standard InChI is InChI=1S/C14H15NO4S2/c16-20(17)8-7-13(10-20)15-21(18,19)14-6-5-11-3-1-2-4-12(11)9-14/h1-6,9,13,15H,7-8,10H2/t13-/m1/s1. The van der Waals surface area contributed by atoms with Gasteiger partial charge in [0.15, 0.2) is 9.84 Å². The van der Waals surface area contributed by atoms with Crippen LogP contribution in [0.3, 0.4) is 0 Å². The fourth-order valence-corrected chi connectivity index (χ4v) is 5.59. The molecule has 1 N–H and O–H groups in total. The van der Waals surface area contributed by atoms with Crippen LogP contribution in [0.5, 0.6) is 0 Å². The van der Waals surface area contributed by atoms with Crippen LogP contribution in [0.2, 0.25) is 0 Å². The van der Waals surface area contributed by atoms with Gasteiger partial charge in [0.25, 0.3) is 0 Å². The second-order valence-corrected chi connectivity index (χ2v) is 9.17. The van der Waals surface area contributed by atoms with Crippen LogP contribution in [-0.2, 0) is 19.9 Å². The van der Waals surface area contributed by atoms with Crippen molar-refractivity contribution in [1.82, 2.24) is 4.72 Å². The number of fused-ring (bicyclic) bond motifs is 1. The number of hydrogen-bond donors (Lipinski definition) is 1. The SMILES string of the molecule is O=S1(=O)CC[C@@H](NS(=O)(=O)c2ccc3ccccc3c2)C1. The molecule has 0 aliphatic carbocycles. The average molecular weight is 325 g/mol. The molecule has 0 spiro atoms. The molecule has 1 fully saturated rings. The van der Waals surface area contributed by atoms with E-state index in [0.29, 0.717) is 6.42 Å². The Hall–Kier alpha value is -1.44. The van der Waals surface area contributed by atoms with Gasteiger partial charge in [-0.1, -0.05) is 30.3 Å². The smallest absolute Gasteiger partial charge is 0.229 e. The fraction of sp³-hybridized carbons (Fsp3) is 0.286. The van der Waals surface area contributed by atoms with Crippen molar-refractivity contribution in [2.75, 3.05) is 11.5 Å². The highest BCUT2D eigenvalue weighted by Gasteiger charge is 2.31. The largest absolute Gasteiger partial charge is 0.240 e. The normalized spacial score (nSPS) is 21.6. The van der Waals surface area contributed by atoms with Crippen LogP contribution in [0.25, 0.3) is 10.8 Å². The van der Waals surface area contributed by atoms with Crippen LogP contribution in [0.4, 0.5) is 0 Å². The molecule has 1 atom stereocenters. The van der Waals surface area contributed by atoms with E-state index in [1.54, 1.807) is 12.1 Å². The maximum atomic E-state index is 12.3. The third kappa shape index (κ3) is 3.09. The molecule has 3 rings (SSSR count). The van der Waals surface area contributed by atoms with E-state index in [1.165, 1.54) is 6.07 Å². The summed E-state index contributed by atoms with van der Waals surface area (Å²) in [5.41, 5.74) is 0. The highest BCUT2D eigenvalue weighted by molar-refractivity contribution is 7.92. The summed E-state index contributed by atoms with van der Waals surface area (Å²) >= 11 is 0. The first-order valence-corrected chi connectivity index (χ1v) is 9.88. The van der Waals surface area contributed by atoms with Gasteiger partial charge in [-0.15, -0.1) is 0 Å². The van der Waals surface area contributed by atoms with Gasteiger partial charge >= 0.3 is 0 Å². The molecule has 0 unspecified atom stereocenters. The molecular formula is C14H15NO4S2. The molecule has 5 nitrogen and oxygen atoms in total. The molecule has 0 aromatic heterocycles. The monoisotopic (exact) mass is 325 g/mol. The number of hydrogen-bond acceptors (Lipinski definition) is 4. The Morgan fingerprint density at radius 1 is 1.05 bits per heavy atom. The zero-order valence-electron chi connectivity index (χ0n) is 11.2. The summed E-state index contributed by atoms with van der Waals surface area (Å²) < 4.78 is 50.0. The Bertz CT molecular complexity index is 888. The Kier molecular flexibility index (Phi) is 3.51. The third-order valence-electron chi connectivity index (χ3n) is 3.59. The van der Waals surface area contributed by atoms with Gasteiger partial charge in [-0.05, 0) is 29.3 Å². The summed E-state index contributed by atoms with van der Waals surface area (Å²) in [6, 6.07) is 11.8. The van der Waals surface area contributed by atoms with Gasteiger partial charge in [-0.25, -0.2) is 21.6 Å². The van der Waals surface area contributed by atoms with Crippen LogP contribution in [0.15, 0.2) is 47.4 Å². The van der Waals surface area contributed by atoms with Gasteiger partial charge < -0.3 is 0 Å². The minimum absolute atomic E-state index is 0.0396. The van der Waals surface area contributed by atoms with E-state index in [9.17, 15) is 16.8 Å². The fourth-order valence-electron chi connectivity index (χ4n) is 2.51. The first kappa shape index (κ1) is 14.5. The first-order valence-electron chi connectivity index (χ1n) is 6.57. The van der Waals surface area contributed by atoms with Crippen molar-refractivity contribution in [2.45, 2.75) is 17.4 Å². The molecule has 0 bridgehead atoms. The topological polar surface area (TPSA) is 80.3 Å². The zero-order chi connectivity index (χ0) is 15.1. The lowest BCUT2D eigenvalue weighted by atomic mass is 10.1. The summed E-state index contributed by atoms with van der Waals surface area (Å²) in [6.07, 6.45) is 0.329. The Labute approximate surface area is 124 Å². The summed E-state index contributed by atoms with van der Waals surface area (Å²) in [5.74, 6) is -0.0856. The van der Waals surface area contributed by atoms with E-state index >= 15 is 0 Å². The van der Waals surface area contributed by atoms with Gasteiger partial charge in [-0.3, -0.25) is 0 Å². The van der Waals surface area contributed by atoms with Gasteiger partial charge in [0.1, 0.15) is 0 Å². The van der Waals surface area contributed by atoms with Crippen molar-refractivity contribution >= 4 is 30.6 Å². The summed E-state index contributed by atoms with van der Waals surface area (Å²) in [6.45, 7) is 0. The molecule has 7 heteroatoms. The van der Waals surface area contributed by atoms with Crippen molar-refractivity contribution in [3.8, 4) is 0 Å². The van der Waals surface area contributed by atoms with Crippen molar-refractivity contribution in [2.24, 2.45) is 0 Å². The van der Waals surface area contributed by atoms with Crippen molar-refractivity contribution in [3.05, 3.63) is 42.5 Å². The van der Waals surface area contributed by atoms with Crippen molar-refractivity contribution < 1.29 is 16.8 Å². The predicted molar refractivity (Wildman–Crippen MR) is 81.3 cm³/mol. The van der Waals surface area contributed by atoms with E-state index in [-0.39, 0.29) is 16.4 Å². The molecule has 1 heterocycles. The van der Waals surface area contributed by atoms with E-state index in [0.717, 1.165) is 10.8 Å². The number of benzene rings is 2. The highest BCUT2D eigenvalue weighted by atomic mass is 32.2. The zero-order valence-corrected chi connectivity index (χ0v) is 12.8. The lowest BCUT2D eigenvalue weighted by molar-refractivity contribution is 0.562. The number of rotatable bonds is 3. The van der Waals surface area contributed by atoms with Crippen molar-refractivity contribution in [3.63, 3.8) is 0 Å². The molecule has 2 aromatic carbocycles. The van der Waals surface area contributed by atoms with Gasteiger partial charge in [0.05, 0.1) is 16.4 Å². The lowest BCUT2D eigenvalue weighted by Gasteiger charge is -2.12. The Morgan fingerprint density at radius 2 is 1.76 bits per heavy atom. The molecule has 0 radical (unpaired) electrons. The van der Waals surface area contributed by atoms with Crippen LogP contribution in [0.1, 0.15) is 6.42 Å². The van der Waals surface area contributed by atoms with E-state index in [1.807, 2.05) is 24.3 Å². The van der Waals surface area contributed by atoms with Gasteiger partial charge in [0.2, 0.25) is 10.0 Å². The van der Waals surface area contributed by atoms with Crippen LogP contribution >= 0.6 is 0 Å². The molecule has 0 amide bonds. The van der Waals surface area contributed by atoms with Gasteiger partial charge in [-0.2, -0.15) is 0 Å². The highest BCUT2D eigenvalue weighted by Crippen LogP contribution is 2.20. The third-order valence-corrected chi connectivity index (χ3v) is 6.87. The van der Waals surface area contributed by atoms with E-state index < -0.39 is 25.9 Å². The second kappa shape index (κ2) is 5.08. The van der Waals surface area contributed by atoms with Crippen LogP contribution in [0, 0.1) is 0 Å². The van der Waals surface area contributed by atoms with E-state index in [2.05, 4.69) is 4.72 Å². The number of nitrogens with one attached hydrogen (secondary N) is 1. The quantitative estimate of drug-likeness (QED) is 0.922. The molecule has 21 heavy (non-hydrogen) atoms. The Balaban J connectivity index is 1.90. The minimum Gasteiger partial charge on any atom is -0.229 e. The lowest BCUT2D eigenvalue weighted by Crippen LogP contribution is -2.35. The number of sulfone groups is 1. The molecule has 1 aliphatic heterocycles. The molecule has 1 saturated heterocycles. The number of sulfonamides is 1. The molecular weight excluding hydrogens is 310 g/mol. The maximum Gasteiger partial charge on any atom is 0.240 e. The first-order chi connectivity index (χ1) is 9.86. The van der Waals surface area contributed by atoms with Crippen molar-refractivity contribution in [1.29, 1.82) is 0 Å². The summed E-state index contributed by atoms with van der Waals surface area (Å²) in [7, 11) is -6.81. The van der Waals surface area contributed by atoms with Crippen LogP contribution in [-0.4, -0.2) is 34.4 Å². The molecule has 1 aliphatic rings. The maximum absolute atomic E-state index is 12.3. The van der Waals surface area contributed by atoms with Crippen LogP contribution < -0.4 is 4.72 Å². The molecule has 112 valence electrons. The minimum atomic E-state index is -3.70. The molecule has 0 saturated carbocycles. The Morgan fingerprint density at radius 3 is 2.43 bits per heavy atom. The summed E-state index contributed by atoms with van der Waals surface area (Å²) in [5, 5.41) is 1.79. The molecule has 2 aromatic rings. The average Bonchev–Trinajstić information content (AvgIpc) is 2.76. The predicted octanol–water partition coefficient (Wildman–Crippen LogP) is 1.31. The summed E-state index contributed by atoms with van der Waals surface area (Å²) in [4.78, 5) is 0.158. The second-order valence-electron chi connectivity index (χ2n) is 5.23. The van der Waals surface area contributed by atoms with E-state index in [4.69, 9.17) is 0 Å².